The molecule has 0 atom stereocenters. The first-order valence-corrected chi connectivity index (χ1v) is 8.61. The molecule has 1 heterocycles. The van der Waals surface area contributed by atoms with E-state index < -0.39 is 35.7 Å². The van der Waals surface area contributed by atoms with Crippen LogP contribution in [0.5, 0.6) is 5.75 Å². The van der Waals surface area contributed by atoms with Gasteiger partial charge in [-0.15, -0.1) is 0 Å². The number of carbonyl (C=O) groups is 3. The second-order valence-corrected chi connectivity index (χ2v) is 6.34. The van der Waals surface area contributed by atoms with Crippen LogP contribution in [-0.4, -0.2) is 43.7 Å². The van der Waals surface area contributed by atoms with Crippen LogP contribution in [0, 0.1) is 5.92 Å². The Morgan fingerprint density at radius 2 is 1.74 bits per heavy atom. The third-order valence-corrected chi connectivity index (χ3v) is 4.72. The fourth-order valence-electron chi connectivity index (χ4n) is 3.02. The molecule has 0 saturated heterocycles. The van der Waals surface area contributed by atoms with E-state index in [-0.39, 0.29) is 11.3 Å². The van der Waals surface area contributed by atoms with Crippen LogP contribution < -0.4 is 5.32 Å². The maximum absolute atomic E-state index is 12.4. The van der Waals surface area contributed by atoms with Gasteiger partial charge in [-0.25, -0.2) is 9.59 Å². The Kier molecular flexibility index (Phi) is 5.99. The van der Waals surface area contributed by atoms with Gasteiger partial charge in [0.1, 0.15) is 11.3 Å². The Hall–Kier alpha value is -3.16. The first kappa shape index (κ1) is 20.2. The number of benzene rings is 1. The number of fused-ring (bicyclic) bond motifs is 1. The lowest BCUT2D eigenvalue weighted by atomic mass is 9.87. The second kappa shape index (κ2) is 8.03. The topological polar surface area (TPSA) is 137 Å². The molecule has 8 heteroatoms. The molecule has 0 aliphatic heterocycles. The normalized spacial score (nSPS) is 11.5. The number of aromatic hydroxyl groups is 1. The summed E-state index contributed by atoms with van der Waals surface area (Å²) in [6, 6.07) is 5.96. The van der Waals surface area contributed by atoms with Crippen molar-refractivity contribution in [2.45, 2.75) is 38.6 Å². The molecular formula is C19H22N2O6. The third-order valence-electron chi connectivity index (χ3n) is 4.72. The van der Waals surface area contributed by atoms with E-state index in [0.29, 0.717) is 23.8 Å². The molecule has 0 radical (unpaired) electrons. The zero-order chi connectivity index (χ0) is 20.2. The third kappa shape index (κ3) is 3.84. The van der Waals surface area contributed by atoms with Crippen LogP contribution in [0.4, 0.5) is 0 Å². The van der Waals surface area contributed by atoms with Crippen molar-refractivity contribution in [2.75, 3.05) is 0 Å². The summed E-state index contributed by atoms with van der Waals surface area (Å²) in [6.45, 7) is 3.55. The summed E-state index contributed by atoms with van der Waals surface area (Å²) in [5, 5.41) is 32.0. The molecule has 0 aliphatic carbocycles. The van der Waals surface area contributed by atoms with Gasteiger partial charge in [0.15, 0.2) is 0 Å². The molecule has 0 bridgehead atoms. The Balaban J connectivity index is 2.54. The molecule has 1 aromatic heterocycles. The van der Waals surface area contributed by atoms with Crippen LogP contribution in [0.25, 0.3) is 10.9 Å². The average molecular weight is 374 g/mol. The van der Waals surface area contributed by atoms with Crippen molar-refractivity contribution in [1.29, 1.82) is 0 Å². The van der Waals surface area contributed by atoms with E-state index in [1.807, 2.05) is 0 Å². The summed E-state index contributed by atoms with van der Waals surface area (Å²) in [6.07, 6.45) is 1.89. The SMILES string of the molecule is CCC(CC)C(=O)NC(Cc1ccc(O)c2ncccc12)(C(=O)O)C(=O)O. The summed E-state index contributed by atoms with van der Waals surface area (Å²) >= 11 is 0. The van der Waals surface area contributed by atoms with Crippen LogP contribution in [-0.2, 0) is 20.8 Å². The Labute approximate surface area is 155 Å². The largest absolute Gasteiger partial charge is 0.506 e. The first-order chi connectivity index (χ1) is 12.8. The predicted octanol–water partition coefficient (Wildman–Crippen LogP) is 1.94. The van der Waals surface area contributed by atoms with E-state index in [9.17, 15) is 29.7 Å². The summed E-state index contributed by atoms with van der Waals surface area (Å²) in [5.41, 5.74) is -1.96. The smallest absolute Gasteiger partial charge is 0.341 e. The molecule has 144 valence electrons. The van der Waals surface area contributed by atoms with Crippen molar-refractivity contribution < 1.29 is 29.7 Å². The zero-order valence-electron chi connectivity index (χ0n) is 15.1. The van der Waals surface area contributed by atoms with Gasteiger partial charge < -0.3 is 20.6 Å². The molecule has 4 N–H and O–H groups in total. The van der Waals surface area contributed by atoms with E-state index in [1.165, 1.54) is 18.3 Å². The summed E-state index contributed by atoms with van der Waals surface area (Å²) in [4.78, 5) is 40.4. The van der Waals surface area contributed by atoms with Crippen molar-refractivity contribution >= 4 is 28.7 Å². The van der Waals surface area contributed by atoms with Crippen molar-refractivity contribution in [3.63, 3.8) is 0 Å². The number of aromatic nitrogens is 1. The summed E-state index contributed by atoms with van der Waals surface area (Å²) < 4.78 is 0. The number of rotatable bonds is 8. The van der Waals surface area contributed by atoms with Gasteiger partial charge in [0, 0.05) is 23.9 Å². The lowest BCUT2D eigenvalue weighted by Crippen LogP contribution is -2.62. The second-order valence-electron chi connectivity index (χ2n) is 6.34. The van der Waals surface area contributed by atoms with Gasteiger partial charge in [-0.2, -0.15) is 0 Å². The lowest BCUT2D eigenvalue weighted by molar-refractivity contribution is -0.161. The van der Waals surface area contributed by atoms with Crippen LogP contribution in [0.15, 0.2) is 30.5 Å². The number of hydrogen-bond donors (Lipinski definition) is 4. The number of pyridine rings is 1. The fourth-order valence-corrected chi connectivity index (χ4v) is 3.02. The van der Waals surface area contributed by atoms with Gasteiger partial charge in [0.2, 0.25) is 11.4 Å². The van der Waals surface area contributed by atoms with Crippen LogP contribution in [0.3, 0.4) is 0 Å². The average Bonchev–Trinajstić information content (AvgIpc) is 2.64. The monoisotopic (exact) mass is 374 g/mol. The Morgan fingerprint density at radius 1 is 1.11 bits per heavy atom. The molecule has 0 fully saturated rings. The van der Waals surface area contributed by atoms with Crippen molar-refractivity contribution in [1.82, 2.24) is 10.3 Å². The van der Waals surface area contributed by atoms with Crippen molar-refractivity contribution in [2.24, 2.45) is 5.92 Å². The minimum atomic E-state index is -2.53. The summed E-state index contributed by atoms with van der Waals surface area (Å²) in [5.74, 6) is -4.54. The molecule has 27 heavy (non-hydrogen) atoms. The van der Waals surface area contributed by atoms with E-state index in [4.69, 9.17) is 0 Å². The molecular weight excluding hydrogens is 352 g/mol. The number of carboxylic acids is 2. The predicted molar refractivity (Wildman–Crippen MR) is 97.3 cm³/mol. The molecule has 1 aromatic carbocycles. The first-order valence-electron chi connectivity index (χ1n) is 8.61. The molecule has 2 rings (SSSR count). The van der Waals surface area contributed by atoms with Gasteiger partial charge in [0.25, 0.3) is 0 Å². The standard InChI is InChI=1S/C19H22N2O6/c1-3-11(4-2)16(23)21-19(17(24)25,18(26)27)10-12-7-8-14(22)15-13(12)6-5-9-20-15/h5-9,11,22H,3-4,10H2,1-2H3,(H,21,23)(H,24,25)(H,26,27). The molecule has 1 amide bonds. The van der Waals surface area contributed by atoms with Crippen LogP contribution in [0.1, 0.15) is 32.3 Å². The lowest BCUT2D eigenvalue weighted by Gasteiger charge is -2.28. The summed E-state index contributed by atoms with van der Waals surface area (Å²) in [7, 11) is 0. The Bertz CT molecular complexity index is 862. The van der Waals surface area contributed by atoms with Crippen molar-refractivity contribution in [3.05, 3.63) is 36.0 Å². The highest BCUT2D eigenvalue weighted by atomic mass is 16.4. The number of phenolic OH excluding ortho intramolecular Hbond substituents is 1. The van der Waals surface area contributed by atoms with E-state index in [0.717, 1.165) is 0 Å². The highest BCUT2D eigenvalue weighted by molar-refractivity contribution is 6.07. The Morgan fingerprint density at radius 3 is 2.30 bits per heavy atom. The number of nitrogens with one attached hydrogen (secondary N) is 1. The van der Waals surface area contributed by atoms with Crippen LogP contribution >= 0.6 is 0 Å². The molecule has 2 aromatic rings. The number of hydrogen-bond acceptors (Lipinski definition) is 5. The van der Waals surface area contributed by atoms with E-state index >= 15 is 0 Å². The molecule has 0 spiro atoms. The number of phenols is 1. The van der Waals surface area contributed by atoms with Gasteiger partial charge >= 0.3 is 11.9 Å². The quantitative estimate of drug-likeness (QED) is 0.518. The molecule has 0 unspecified atom stereocenters. The minimum Gasteiger partial charge on any atom is -0.506 e. The number of nitrogens with zero attached hydrogens (tertiary/aromatic N) is 1. The number of carbonyl (C=O) groups excluding carboxylic acids is 1. The minimum absolute atomic E-state index is 0.105. The van der Waals surface area contributed by atoms with Gasteiger partial charge in [-0.05, 0) is 30.5 Å². The maximum atomic E-state index is 12.4. The molecule has 0 saturated carbocycles. The number of carboxylic acid groups (broad SMARTS) is 2. The van der Waals surface area contributed by atoms with Gasteiger partial charge in [0.05, 0.1) is 0 Å². The zero-order valence-corrected chi connectivity index (χ0v) is 15.1. The highest BCUT2D eigenvalue weighted by Crippen LogP contribution is 2.28. The molecule has 8 nitrogen and oxygen atoms in total. The highest BCUT2D eigenvalue weighted by Gasteiger charge is 2.49. The maximum Gasteiger partial charge on any atom is 0.341 e. The van der Waals surface area contributed by atoms with E-state index in [1.54, 1.807) is 26.0 Å². The van der Waals surface area contributed by atoms with Gasteiger partial charge in [-0.1, -0.05) is 26.0 Å². The fraction of sp³-hybridized carbons (Fsp3) is 0.368. The van der Waals surface area contributed by atoms with Gasteiger partial charge in [-0.3, -0.25) is 9.78 Å². The van der Waals surface area contributed by atoms with Crippen molar-refractivity contribution in [3.8, 4) is 5.75 Å². The molecule has 0 aliphatic rings. The van der Waals surface area contributed by atoms with E-state index in [2.05, 4.69) is 10.3 Å². The van der Waals surface area contributed by atoms with Crippen LogP contribution in [0.2, 0.25) is 0 Å². The number of aliphatic carboxylic acids is 2. The number of amides is 1.